The molecule has 6 nitrogen and oxygen atoms in total. The van der Waals surface area contributed by atoms with Gasteiger partial charge in [0, 0.05) is 7.05 Å². The summed E-state index contributed by atoms with van der Waals surface area (Å²) in [7, 11) is 1.83. The van der Waals surface area contributed by atoms with Gasteiger partial charge in [0.25, 0.3) is 5.91 Å². The number of aromatic nitrogens is 4. The van der Waals surface area contributed by atoms with Crippen LogP contribution in [0.3, 0.4) is 0 Å². The van der Waals surface area contributed by atoms with Crippen LogP contribution in [-0.2, 0) is 7.05 Å². The first-order chi connectivity index (χ1) is 7.18. The molecule has 0 bridgehead atoms. The molecule has 2 aromatic rings. The summed E-state index contributed by atoms with van der Waals surface area (Å²) in [5.74, 6) is -0.591. The van der Waals surface area contributed by atoms with E-state index in [0.717, 1.165) is 5.69 Å². The van der Waals surface area contributed by atoms with Crippen molar-refractivity contribution in [3.63, 3.8) is 0 Å². The minimum absolute atomic E-state index is 0.147. The molecule has 6 heteroatoms. The maximum atomic E-state index is 10.9. The number of imidazole rings is 1. The number of hydrogen-bond donors (Lipinski definition) is 1. The predicted octanol–water partition coefficient (Wildman–Crippen LogP) is -0.0240. The molecule has 2 rings (SSSR count). The Balaban J connectivity index is 2.50. The topological polar surface area (TPSA) is 86.7 Å². The maximum Gasteiger partial charge on any atom is 0.268 e. The van der Waals surface area contributed by atoms with Crippen molar-refractivity contribution in [2.24, 2.45) is 12.8 Å². The molecule has 0 aliphatic carbocycles. The van der Waals surface area contributed by atoms with E-state index in [-0.39, 0.29) is 5.69 Å². The van der Waals surface area contributed by atoms with E-state index in [1.165, 1.54) is 6.20 Å². The van der Waals surface area contributed by atoms with E-state index in [4.69, 9.17) is 5.73 Å². The van der Waals surface area contributed by atoms with Crippen LogP contribution in [0.15, 0.2) is 24.9 Å². The number of carbonyl (C=O) groups excluding carboxylic acids is 1. The zero-order valence-corrected chi connectivity index (χ0v) is 8.08. The molecule has 0 spiro atoms. The molecule has 15 heavy (non-hydrogen) atoms. The van der Waals surface area contributed by atoms with Crippen LogP contribution in [0.1, 0.15) is 10.5 Å². The number of primary amides is 1. The zero-order valence-electron chi connectivity index (χ0n) is 8.08. The highest BCUT2D eigenvalue weighted by atomic mass is 16.1. The van der Waals surface area contributed by atoms with Crippen LogP contribution >= 0.6 is 0 Å². The van der Waals surface area contributed by atoms with Crippen LogP contribution in [0.2, 0.25) is 0 Å². The lowest BCUT2D eigenvalue weighted by atomic mass is 10.3. The van der Waals surface area contributed by atoms with Gasteiger partial charge < -0.3 is 10.3 Å². The Labute approximate surface area is 85.8 Å². The lowest BCUT2D eigenvalue weighted by molar-refractivity contribution is 0.0995. The Kier molecular flexibility index (Phi) is 2.17. The summed E-state index contributed by atoms with van der Waals surface area (Å²) in [6.45, 7) is 0. The van der Waals surface area contributed by atoms with Gasteiger partial charge in [-0.05, 0) is 0 Å². The van der Waals surface area contributed by atoms with Crippen LogP contribution in [-0.4, -0.2) is 25.4 Å². The highest BCUT2D eigenvalue weighted by Crippen LogP contribution is 2.13. The van der Waals surface area contributed by atoms with E-state index in [9.17, 15) is 4.79 Å². The van der Waals surface area contributed by atoms with E-state index >= 15 is 0 Å². The molecule has 0 aliphatic heterocycles. The maximum absolute atomic E-state index is 10.9. The Morgan fingerprint density at radius 2 is 2.13 bits per heavy atom. The number of hydrogen-bond acceptors (Lipinski definition) is 4. The third-order valence-corrected chi connectivity index (χ3v) is 1.97. The molecule has 2 N–H and O–H groups in total. The second kappa shape index (κ2) is 3.49. The van der Waals surface area contributed by atoms with Crippen LogP contribution in [0, 0.1) is 0 Å². The van der Waals surface area contributed by atoms with E-state index in [0.29, 0.717) is 5.69 Å². The number of rotatable bonds is 2. The largest absolute Gasteiger partial charge is 0.364 e. The third kappa shape index (κ3) is 1.69. The predicted molar refractivity (Wildman–Crippen MR) is 52.8 cm³/mol. The molecule has 0 aromatic carbocycles. The summed E-state index contributed by atoms with van der Waals surface area (Å²) in [5, 5.41) is 0. The van der Waals surface area contributed by atoms with Gasteiger partial charge in [-0.15, -0.1) is 0 Å². The van der Waals surface area contributed by atoms with Crippen molar-refractivity contribution < 1.29 is 4.79 Å². The SMILES string of the molecule is Cn1cncc1-c1cncc(C(N)=O)n1. The normalized spacial score (nSPS) is 10.2. The third-order valence-electron chi connectivity index (χ3n) is 1.97. The van der Waals surface area contributed by atoms with Crippen molar-refractivity contribution in [1.29, 1.82) is 0 Å². The zero-order chi connectivity index (χ0) is 10.8. The molecule has 0 unspecified atom stereocenters. The molecule has 76 valence electrons. The van der Waals surface area contributed by atoms with Gasteiger partial charge in [0.2, 0.25) is 0 Å². The summed E-state index contributed by atoms with van der Waals surface area (Å²) in [6.07, 6.45) is 6.19. The highest BCUT2D eigenvalue weighted by Gasteiger charge is 2.08. The number of amides is 1. The summed E-state index contributed by atoms with van der Waals surface area (Å²) in [6, 6.07) is 0. The lowest BCUT2D eigenvalue weighted by Gasteiger charge is -2.01. The van der Waals surface area contributed by atoms with Crippen molar-refractivity contribution in [1.82, 2.24) is 19.5 Å². The second-order valence-corrected chi connectivity index (χ2v) is 3.04. The van der Waals surface area contributed by atoms with Gasteiger partial charge in [0.05, 0.1) is 30.6 Å². The smallest absolute Gasteiger partial charge is 0.268 e. The molecule has 0 saturated heterocycles. The van der Waals surface area contributed by atoms with Gasteiger partial charge in [-0.25, -0.2) is 9.97 Å². The molecule has 0 saturated carbocycles. The van der Waals surface area contributed by atoms with Crippen molar-refractivity contribution >= 4 is 5.91 Å². The van der Waals surface area contributed by atoms with Crippen LogP contribution in [0.5, 0.6) is 0 Å². The average Bonchev–Trinajstić information content (AvgIpc) is 2.64. The number of nitrogens with two attached hydrogens (primary N) is 1. The first-order valence-corrected chi connectivity index (χ1v) is 4.27. The molecule has 2 aromatic heterocycles. The Bertz CT molecular complexity index is 505. The summed E-state index contributed by atoms with van der Waals surface area (Å²) >= 11 is 0. The van der Waals surface area contributed by atoms with Gasteiger partial charge >= 0.3 is 0 Å². The van der Waals surface area contributed by atoms with Gasteiger partial charge in [-0.2, -0.15) is 0 Å². The molecule has 0 atom stereocenters. The number of aryl methyl sites for hydroxylation is 1. The van der Waals surface area contributed by atoms with E-state index in [2.05, 4.69) is 15.0 Å². The fourth-order valence-corrected chi connectivity index (χ4v) is 1.21. The van der Waals surface area contributed by atoms with Crippen molar-refractivity contribution in [2.75, 3.05) is 0 Å². The Hall–Kier alpha value is -2.24. The van der Waals surface area contributed by atoms with Gasteiger partial charge in [-0.3, -0.25) is 9.78 Å². The molecule has 1 amide bonds. The average molecular weight is 203 g/mol. The molecule has 0 aliphatic rings. The first-order valence-electron chi connectivity index (χ1n) is 4.27. The fraction of sp³-hybridized carbons (Fsp3) is 0.111. The summed E-state index contributed by atoms with van der Waals surface area (Å²) in [5.41, 5.74) is 6.62. The van der Waals surface area contributed by atoms with E-state index in [1.807, 2.05) is 7.05 Å². The van der Waals surface area contributed by atoms with Crippen LogP contribution in [0.4, 0.5) is 0 Å². The minimum Gasteiger partial charge on any atom is -0.364 e. The van der Waals surface area contributed by atoms with Gasteiger partial charge in [0.15, 0.2) is 0 Å². The lowest BCUT2D eigenvalue weighted by Crippen LogP contribution is -2.13. The second-order valence-electron chi connectivity index (χ2n) is 3.04. The first kappa shape index (κ1) is 9.32. The number of nitrogens with zero attached hydrogens (tertiary/aromatic N) is 4. The highest BCUT2D eigenvalue weighted by molar-refractivity contribution is 5.90. The van der Waals surface area contributed by atoms with Crippen molar-refractivity contribution in [3.05, 3.63) is 30.6 Å². The molecule has 0 fully saturated rings. The standard InChI is InChI=1S/C9H9N5O/c1-14-5-12-4-8(14)6-2-11-3-7(13-6)9(10)15/h2-5H,1H3,(H2,10,15). The van der Waals surface area contributed by atoms with Crippen LogP contribution in [0.25, 0.3) is 11.4 Å². The Morgan fingerprint density at radius 3 is 2.73 bits per heavy atom. The Morgan fingerprint density at radius 1 is 1.33 bits per heavy atom. The van der Waals surface area contributed by atoms with Crippen molar-refractivity contribution in [3.8, 4) is 11.4 Å². The number of carbonyl (C=O) groups is 1. The monoisotopic (exact) mass is 203 g/mol. The summed E-state index contributed by atoms with van der Waals surface area (Å²) in [4.78, 5) is 22.8. The summed E-state index contributed by atoms with van der Waals surface area (Å²) < 4.78 is 1.79. The van der Waals surface area contributed by atoms with E-state index < -0.39 is 5.91 Å². The van der Waals surface area contributed by atoms with Crippen LogP contribution < -0.4 is 5.73 Å². The minimum atomic E-state index is -0.591. The van der Waals surface area contributed by atoms with Gasteiger partial charge in [0.1, 0.15) is 11.4 Å². The van der Waals surface area contributed by atoms with Crippen molar-refractivity contribution in [2.45, 2.75) is 0 Å². The molecule has 0 radical (unpaired) electrons. The van der Waals surface area contributed by atoms with Gasteiger partial charge in [-0.1, -0.05) is 0 Å². The van der Waals surface area contributed by atoms with E-state index in [1.54, 1.807) is 23.3 Å². The molecular weight excluding hydrogens is 194 g/mol. The fourth-order valence-electron chi connectivity index (χ4n) is 1.21. The quantitative estimate of drug-likeness (QED) is 0.742. The molecule has 2 heterocycles. The molecular formula is C9H9N5O.